The van der Waals surface area contributed by atoms with Crippen molar-refractivity contribution in [2.45, 2.75) is 13.1 Å². The highest BCUT2D eigenvalue weighted by molar-refractivity contribution is 5.96. The fraction of sp³-hybridized carbons (Fsp3) is 0.222. The summed E-state index contributed by atoms with van der Waals surface area (Å²) in [6, 6.07) is 5.17. The predicted octanol–water partition coefficient (Wildman–Crippen LogP) is 2.37. The van der Waals surface area contributed by atoms with Gasteiger partial charge in [-0.15, -0.1) is 0 Å². The van der Waals surface area contributed by atoms with Crippen molar-refractivity contribution in [1.82, 2.24) is 20.3 Å². The first-order valence-corrected chi connectivity index (χ1v) is 7.93. The van der Waals surface area contributed by atoms with Gasteiger partial charge in [-0.25, -0.2) is 19.2 Å². The second-order valence-electron chi connectivity index (χ2n) is 5.77. The minimum absolute atomic E-state index is 0.211. The molecule has 0 aliphatic carbocycles. The minimum atomic E-state index is -0.616. The quantitative estimate of drug-likeness (QED) is 0.663. The molecule has 1 amide bonds. The summed E-state index contributed by atoms with van der Waals surface area (Å²) >= 11 is 0. The number of nitrogens with zero attached hydrogens (tertiary/aromatic N) is 2. The SMILES string of the molecule is CNCc1cn(Cc2ccc(F)cc2F)c2cnc(C(=O)NOC)cc12. The van der Waals surface area contributed by atoms with Crippen molar-refractivity contribution in [3.63, 3.8) is 0 Å². The summed E-state index contributed by atoms with van der Waals surface area (Å²) in [6.07, 6.45) is 3.42. The summed E-state index contributed by atoms with van der Waals surface area (Å²) < 4.78 is 28.9. The van der Waals surface area contributed by atoms with Crippen molar-refractivity contribution in [2.24, 2.45) is 0 Å². The fourth-order valence-electron chi connectivity index (χ4n) is 2.83. The van der Waals surface area contributed by atoms with Crippen LogP contribution in [0.3, 0.4) is 0 Å². The zero-order valence-electron chi connectivity index (χ0n) is 14.3. The topological polar surface area (TPSA) is 68.2 Å². The van der Waals surface area contributed by atoms with E-state index in [9.17, 15) is 13.6 Å². The predicted molar refractivity (Wildman–Crippen MR) is 92.4 cm³/mol. The van der Waals surface area contributed by atoms with E-state index in [0.717, 1.165) is 22.5 Å². The van der Waals surface area contributed by atoms with Gasteiger partial charge >= 0.3 is 0 Å². The largest absolute Gasteiger partial charge is 0.341 e. The number of benzene rings is 1. The normalized spacial score (nSPS) is 11.1. The van der Waals surface area contributed by atoms with E-state index in [2.05, 4.69) is 20.6 Å². The number of pyridine rings is 1. The maximum absolute atomic E-state index is 14.0. The van der Waals surface area contributed by atoms with Crippen molar-refractivity contribution >= 4 is 16.8 Å². The lowest BCUT2D eigenvalue weighted by molar-refractivity contribution is 0.0532. The van der Waals surface area contributed by atoms with Crippen LogP contribution in [-0.2, 0) is 17.9 Å². The molecule has 6 nitrogen and oxygen atoms in total. The molecular formula is C18H18F2N4O2. The molecule has 8 heteroatoms. The molecule has 0 aliphatic heterocycles. The van der Waals surface area contributed by atoms with Crippen LogP contribution in [0.5, 0.6) is 0 Å². The maximum atomic E-state index is 14.0. The van der Waals surface area contributed by atoms with Crippen molar-refractivity contribution in [2.75, 3.05) is 14.2 Å². The Morgan fingerprint density at radius 2 is 2.08 bits per heavy atom. The number of fused-ring (bicyclic) bond motifs is 1. The third kappa shape index (κ3) is 3.56. The lowest BCUT2D eigenvalue weighted by atomic mass is 10.2. The Labute approximate surface area is 148 Å². The number of nitrogens with one attached hydrogen (secondary N) is 2. The lowest BCUT2D eigenvalue weighted by Crippen LogP contribution is -2.22. The van der Waals surface area contributed by atoms with Gasteiger partial charge in [0.05, 0.1) is 25.4 Å². The van der Waals surface area contributed by atoms with Gasteiger partial charge < -0.3 is 9.88 Å². The van der Waals surface area contributed by atoms with E-state index in [1.54, 1.807) is 12.3 Å². The highest BCUT2D eigenvalue weighted by atomic mass is 19.1. The first-order chi connectivity index (χ1) is 12.5. The second-order valence-corrected chi connectivity index (χ2v) is 5.77. The van der Waals surface area contributed by atoms with Gasteiger partial charge in [-0.1, -0.05) is 6.07 Å². The van der Waals surface area contributed by atoms with Gasteiger partial charge in [0.1, 0.15) is 17.3 Å². The van der Waals surface area contributed by atoms with Crippen LogP contribution in [-0.4, -0.2) is 29.6 Å². The second kappa shape index (κ2) is 7.59. The number of hydroxylamine groups is 1. The molecule has 0 bridgehead atoms. The van der Waals surface area contributed by atoms with Gasteiger partial charge in [0.15, 0.2) is 0 Å². The zero-order valence-corrected chi connectivity index (χ0v) is 14.3. The van der Waals surface area contributed by atoms with E-state index in [-0.39, 0.29) is 12.2 Å². The van der Waals surface area contributed by atoms with Crippen LogP contribution in [0.1, 0.15) is 21.6 Å². The first kappa shape index (κ1) is 18.0. The number of hydrogen-bond donors (Lipinski definition) is 2. The molecule has 2 aromatic heterocycles. The first-order valence-electron chi connectivity index (χ1n) is 7.93. The number of rotatable bonds is 6. The molecule has 1 aromatic carbocycles. The average molecular weight is 360 g/mol. The molecule has 2 N–H and O–H groups in total. The Morgan fingerprint density at radius 3 is 2.77 bits per heavy atom. The Hall–Kier alpha value is -2.84. The van der Waals surface area contributed by atoms with E-state index in [0.29, 0.717) is 12.1 Å². The summed E-state index contributed by atoms with van der Waals surface area (Å²) in [6.45, 7) is 0.780. The molecule has 2 heterocycles. The van der Waals surface area contributed by atoms with E-state index in [1.807, 2.05) is 17.8 Å². The van der Waals surface area contributed by atoms with Crippen LogP contribution in [0.15, 0.2) is 36.7 Å². The maximum Gasteiger partial charge on any atom is 0.293 e. The third-order valence-electron chi connectivity index (χ3n) is 4.00. The van der Waals surface area contributed by atoms with E-state index in [1.165, 1.54) is 19.2 Å². The van der Waals surface area contributed by atoms with Crippen LogP contribution < -0.4 is 10.8 Å². The smallest absolute Gasteiger partial charge is 0.293 e. The zero-order chi connectivity index (χ0) is 18.7. The Bertz CT molecular complexity index is 956. The summed E-state index contributed by atoms with van der Waals surface area (Å²) in [5.74, 6) is -1.68. The monoisotopic (exact) mass is 360 g/mol. The molecule has 0 atom stereocenters. The van der Waals surface area contributed by atoms with E-state index < -0.39 is 17.5 Å². The standard InChI is InChI=1S/C18H18F2N4O2/c1-21-7-12-10-24(9-11-3-4-13(19)5-15(11)20)17-8-22-16(6-14(12)17)18(25)23-26-2/h3-6,8,10,21H,7,9H2,1-2H3,(H,23,25). The van der Waals surface area contributed by atoms with Crippen LogP contribution in [0.4, 0.5) is 8.78 Å². The third-order valence-corrected chi connectivity index (χ3v) is 4.00. The van der Waals surface area contributed by atoms with Crippen molar-refractivity contribution < 1.29 is 18.4 Å². The number of aromatic nitrogens is 2. The molecule has 0 saturated heterocycles. The molecular weight excluding hydrogens is 342 g/mol. The Morgan fingerprint density at radius 1 is 1.27 bits per heavy atom. The van der Waals surface area contributed by atoms with Gasteiger partial charge in [-0.3, -0.25) is 9.63 Å². The van der Waals surface area contributed by atoms with Crippen molar-refractivity contribution in [3.8, 4) is 0 Å². The summed E-state index contributed by atoms with van der Waals surface area (Å²) in [7, 11) is 3.15. The molecule has 0 spiro atoms. The molecule has 0 unspecified atom stereocenters. The molecule has 0 aliphatic rings. The molecule has 0 radical (unpaired) electrons. The highest BCUT2D eigenvalue weighted by Gasteiger charge is 2.15. The average Bonchev–Trinajstić information content (AvgIpc) is 2.95. The number of halogens is 2. The van der Waals surface area contributed by atoms with Crippen molar-refractivity contribution in [1.29, 1.82) is 0 Å². The molecule has 3 rings (SSSR count). The highest BCUT2D eigenvalue weighted by Crippen LogP contribution is 2.24. The summed E-state index contributed by atoms with van der Waals surface area (Å²) in [5.41, 5.74) is 4.47. The number of carbonyl (C=O) groups is 1. The summed E-state index contributed by atoms with van der Waals surface area (Å²) in [4.78, 5) is 20.7. The van der Waals surface area contributed by atoms with Crippen LogP contribution in [0, 0.1) is 11.6 Å². The molecule has 26 heavy (non-hydrogen) atoms. The number of hydrogen-bond acceptors (Lipinski definition) is 4. The van der Waals surface area contributed by atoms with Gasteiger partial charge in [-0.05, 0) is 24.7 Å². The number of amides is 1. The Kier molecular flexibility index (Phi) is 5.24. The molecule has 0 saturated carbocycles. The Balaban J connectivity index is 2.04. The van der Waals surface area contributed by atoms with Gasteiger partial charge in [-0.2, -0.15) is 0 Å². The van der Waals surface area contributed by atoms with E-state index >= 15 is 0 Å². The number of carbonyl (C=O) groups excluding carboxylic acids is 1. The van der Waals surface area contributed by atoms with Gasteiger partial charge in [0.2, 0.25) is 0 Å². The molecule has 3 aromatic rings. The van der Waals surface area contributed by atoms with E-state index in [4.69, 9.17) is 0 Å². The van der Waals surface area contributed by atoms with Gasteiger partial charge in [0, 0.05) is 29.8 Å². The lowest BCUT2D eigenvalue weighted by Gasteiger charge is -2.07. The minimum Gasteiger partial charge on any atom is -0.341 e. The molecule has 136 valence electrons. The summed E-state index contributed by atoms with van der Waals surface area (Å²) in [5, 5.41) is 3.88. The van der Waals surface area contributed by atoms with Crippen LogP contribution in [0.2, 0.25) is 0 Å². The molecule has 0 fully saturated rings. The van der Waals surface area contributed by atoms with Crippen molar-refractivity contribution in [3.05, 3.63) is 65.1 Å². The van der Waals surface area contributed by atoms with Crippen LogP contribution >= 0.6 is 0 Å². The van der Waals surface area contributed by atoms with Crippen LogP contribution in [0.25, 0.3) is 10.9 Å². The fourth-order valence-corrected chi connectivity index (χ4v) is 2.83. The van der Waals surface area contributed by atoms with Gasteiger partial charge in [0.25, 0.3) is 5.91 Å².